The summed E-state index contributed by atoms with van der Waals surface area (Å²) >= 11 is 0. The van der Waals surface area contributed by atoms with E-state index < -0.39 is 10.1 Å². The van der Waals surface area contributed by atoms with Crippen molar-refractivity contribution < 1.29 is 13.0 Å². The van der Waals surface area contributed by atoms with Gasteiger partial charge in [0.15, 0.2) is 0 Å². The minimum atomic E-state index is -4.22. The van der Waals surface area contributed by atoms with Crippen LogP contribution in [0.1, 0.15) is 0 Å². The number of nitrogens with zero attached hydrogens (tertiary/aromatic N) is 3. The van der Waals surface area contributed by atoms with Gasteiger partial charge in [0.1, 0.15) is 10.4 Å². The van der Waals surface area contributed by atoms with Gasteiger partial charge >= 0.3 is 0 Å². The van der Waals surface area contributed by atoms with E-state index >= 15 is 0 Å². The topological polar surface area (TPSA) is 109 Å². The van der Waals surface area contributed by atoms with Crippen molar-refractivity contribution >= 4 is 21.3 Å². The Morgan fingerprint density at radius 1 is 1.38 bits per heavy atom. The highest BCUT2D eigenvalue weighted by atomic mass is 32.2. The lowest BCUT2D eigenvalue weighted by Gasteiger charge is -1.93. The first-order valence-electron chi connectivity index (χ1n) is 3.21. The maximum absolute atomic E-state index is 10.7. The largest absolute Gasteiger partial charge is 0.296 e. The molecule has 7 nitrogen and oxygen atoms in total. The first-order valence-corrected chi connectivity index (χ1v) is 4.65. The first-order chi connectivity index (χ1) is 6.07. The fourth-order valence-electron chi connectivity index (χ4n) is 0.863. The summed E-state index contributed by atoms with van der Waals surface area (Å²) in [7, 11) is -4.22. The summed E-state index contributed by atoms with van der Waals surface area (Å²) in [6, 6.07) is 1.18. The molecule has 0 aliphatic carbocycles. The van der Waals surface area contributed by atoms with Gasteiger partial charge in [0, 0.05) is 0 Å². The van der Waals surface area contributed by atoms with Crippen molar-refractivity contribution in [3.63, 3.8) is 0 Å². The summed E-state index contributed by atoms with van der Waals surface area (Å²) in [5.74, 6) is 0. The summed E-state index contributed by atoms with van der Waals surface area (Å²) in [5, 5.41) is 9.51. The maximum Gasteiger partial charge on any atom is 0.296 e. The zero-order chi connectivity index (χ0) is 9.47. The van der Waals surface area contributed by atoms with Crippen LogP contribution in [0.5, 0.6) is 0 Å². The lowest BCUT2D eigenvalue weighted by Crippen LogP contribution is -1.98. The summed E-state index contributed by atoms with van der Waals surface area (Å²) in [6.07, 6.45) is 1.01. The molecule has 2 aromatic rings. The third kappa shape index (κ3) is 1.36. The van der Waals surface area contributed by atoms with Crippen LogP contribution in [0.25, 0.3) is 11.2 Å². The van der Waals surface area contributed by atoms with E-state index in [0.29, 0.717) is 5.65 Å². The monoisotopic (exact) mass is 200 g/mol. The lowest BCUT2D eigenvalue weighted by atomic mass is 10.4. The molecule has 0 aliphatic heterocycles. The van der Waals surface area contributed by atoms with Crippen molar-refractivity contribution in [3.05, 3.63) is 12.3 Å². The van der Waals surface area contributed by atoms with Crippen LogP contribution in [-0.4, -0.2) is 33.4 Å². The molecule has 2 aromatic heterocycles. The van der Waals surface area contributed by atoms with E-state index in [9.17, 15) is 8.42 Å². The summed E-state index contributed by atoms with van der Waals surface area (Å²) in [4.78, 5) is 3.37. The lowest BCUT2D eigenvalue weighted by molar-refractivity contribution is 0.483. The van der Waals surface area contributed by atoms with Gasteiger partial charge in [0.25, 0.3) is 10.1 Å². The molecule has 8 heteroatoms. The van der Waals surface area contributed by atoms with E-state index in [0.717, 1.165) is 6.20 Å². The van der Waals surface area contributed by atoms with Gasteiger partial charge in [-0.05, 0) is 6.07 Å². The molecule has 2 N–H and O–H groups in total. The minimum absolute atomic E-state index is 0.287. The zero-order valence-corrected chi connectivity index (χ0v) is 6.98. The van der Waals surface area contributed by atoms with Gasteiger partial charge in [-0.1, -0.05) is 0 Å². The third-order valence-corrected chi connectivity index (χ3v) is 2.27. The molecule has 0 amide bonds. The fraction of sp³-hybridized carbons (Fsp3) is 0. The van der Waals surface area contributed by atoms with Gasteiger partial charge in [0.2, 0.25) is 5.65 Å². The average Bonchev–Trinajstić information content (AvgIpc) is 2.47. The Hall–Kier alpha value is -1.54. The molecule has 2 rings (SSSR count). The number of H-pyrrole nitrogens is 1. The standard InChI is InChI=1S/C5H4N4O3S/c10-13(11,12)3-1-4-5(6-2-3)8-9-7-4/h1-2H,(H,10,11,12)(H,6,7,8,9). The van der Waals surface area contributed by atoms with E-state index in [1.165, 1.54) is 6.07 Å². The highest BCUT2D eigenvalue weighted by Gasteiger charge is 2.11. The van der Waals surface area contributed by atoms with Crippen LogP contribution in [0.4, 0.5) is 0 Å². The Morgan fingerprint density at radius 2 is 2.15 bits per heavy atom. The number of aromatic amines is 1. The number of nitrogens with one attached hydrogen (secondary N) is 1. The number of aromatic nitrogens is 4. The van der Waals surface area contributed by atoms with Crippen molar-refractivity contribution in [1.82, 2.24) is 20.4 Å². The third-order valence-electron chi connectivity index (χ3n) is 1.45. The molecular weight excluding hydrogens is 196 g/mol. The highest BCUT2D eigenvalue weighted by Crippen LogP contribution is 2.11. The second-order valence-corrected chi connectivity index (χ2v) is 3.73. The van der Waals surface area contributed by atoms with Gasteiger partial charge in [-0.15, -0.1) is 5.10 Å². The normalized spacial score (nSPS) is 12.1. The molecule has 0 radical (unpaired) electrons. The number of hydrogen-bond acceptors (Lipinski definition) is 5. The smallest absolute Gasteiger partial charge is 0.282 e. The molecule has 0 bridgehead atoms. The van der Waals surface area contributed by atoms with Crippen LogP contribution in [0.3, 0.4) is 0 Å². The predicted molar refractivity (Wildman–Crippen MR) is 41.5 cm³/mol. The Morgan fingerprint density at radius 3 is 2.85 bits per heavy atom. The quantitative estimate of drug-likeness (QED) is 0.606. The number of pyridine rings is 1. The van der Waals surface area contributed by atoms with Crippen LogP contribution in [0.15, 0.2) is 17.2 Å². The van der Waals surface area contributed by atoms with Gasteiger partial charge in [-0.25, -0.2) is 4.98 Å². The molecular formula is C5H4N4O3S. The van der Waals surface area contributed by atoms with Gasteiger partial charge < -0.3 is 0 Å². The van der Waals surface area contributed by atoms with Crippen LogP contribution in [-0.2, 0) is 10.1 Å². The molecule has 0 aliphatic rings. The SMILES string of the molecule is O=S(=O)(O)c1cnc2n[nH]nc2c1. The van der Waals surface area contributed by atoms with Crippen LogP contribution < -0.4 is 0 Å². The van der Waals surface area contributed by atoms with Crippen molar-refractivity contribution in [2.45, 2.75) is 4.90 Å². The van der Waals surface area contributed by atoms with E-state index in [-0.39, 0.29) is 10.4 Å². The van der Waals surface area contributed by atoms with Crippen molar-refractivity contribution in [2.24, 2.45) is 0 Å². The summed E-state index contributed by atoms with van der Waals surface area (Å²) in [6.45, 7) is 0. The molecule has 13 heavy (non-hydrogen) atoms. The molecule has 0 unspecified atom stereocenters. The first kappa shape index (κ1) is 8.08. The molecule has 0 aromatic carbocycles. The van der Waals surface area contributed by atoms with E-state index in [1.54, 1.807) is 0 Å². The van der Waals surface area contributed by atoms with E-state index in [1.807, 2.05) is 0 Å². The Kier molecular flexibility index (Phi) is 1.54. The maximum atomic E-state index is 10.7. The number of fused-ring (bicyclic) bond motifs is 1. The summed E-state index contributed by atoms with van der Waals surface area (Å²) < 4.78 is 30.0. The summed E-state index contributed by atoms with van der Waals surface area (Å²) in [5.41, 5.74) is 0.586. The Bertz CT molecular complexity index is 546. The molecule has 0 fully saturated rings. The molecule has 0 atom stereocenters. The predicted octanol–water partition coefficient (Wildman–Crippen LogP) is -0.400. The average molecular weight is 200 g/mol. The molecule has 2 heterocycles. The molecule has 68 valence electrons. The molecule has 0 saturated heterocycles. The number of hydrogen-bond donors (Lipinski definition) is 2. The van der Waals surface area contributed by atoms with Crippen molar-refractivity contribution in [2.75, 3.05) is 0 Å². The minimum Gasteiger partial charge on any atom is -0.282 e. The Labute approximate surface area is 72.5 Å². The van der Waals surface area contributed by atoms with Gasteiger partial charge in [-0.2, -0.15) is 18.7 Å². The molecule has 0 saturated carbocycles. The van der Waals surface area contributed by atoms with Crippen LogP contribution >= 0.6 is 0 Å². The fourth-order valence-corrected chi connectivity index (χ4v) is 1.31. The van der Waals surface area contributed by atoms with Gasteiger partial charge in [0.05, 0.1) is 6.20 Å². The second kappa shape index (κ2) is 2.47. The number of rotatable bonds is 1. The second-order valence-electron chi connectivity index (χ2n) is 2.31. The zero-order valence-electron chi connectivity index (χ0n) is 6.17. The van der Waals surface area contributed by atoms with Crippen LogP contribution in [0, 0.1) is 0 Å². The van der Waals surface area contributed by atoms with E-state index in [2.05, 4.69) is 20.4 Å². The van der Waals surface area contributed by atoms with Crippen LogP contribution in [0.2, 0.25) is 0 Å². The Balaban J connectivity index is 2.75. The highest BCUT2D eigenvalue weighted by molar-refractivity contribution is 7.85. The van der Waals surface area contributed by atoms with Crippen molar-refractivity contribution in [1.29, 1.82) is 0 Å². The molecule has 0 spiro atoms. The van der Waals surface area contributed by atoms with E-state index in [4.69, 9.17) is 4.55 Å². The van der Waals surface area contributed by atoms with Gasteiger partial charge in [-0.3, -0.25) is 4.55 Å². The van der Waals surface area contributed by atoms with Crippen molar-refractivity contribution in [3.8, 4) is 0 Å².